The summed E-state index contributed by atoms with van der Waals surface area (Å²) in [6, 6.07) is 0. The molecule has 0 radical (unpaired) electrons. The minimum atomic E-state index is -0.00465. The Morgan fingerprint density at radius 3 is 2.50 bits per heavy atom. The number of amides is 1. The van der Waals surface area contributed by atoms with Gasteiger partial charge in [0.05, 0.1) is 0 Å². The highest BCUT2D eigenvalue weighted by Gasteiger charge is 2.35. The van der Waals surface area contributed by atoms with Crippen LogP contribution in [0.4, 0.5) is 0 Å². The Labute approximate surface area is 98.3 Å². The zero-order chi connectivity index (χ0) is 12.0. The second kappa shape index (κ2) is 6.21. The van der Waals surface area contributed by atoms with E-state index in [2.05, 4.69) is 24.3 Å². The molecule has 1 aliphatic rings. The monoisotopic (exact) mass is 228 g/mol. The fourth-order valence-electron chi connectivity index (χ4n) is 2.32. The first-order valence-corrected chi connectivity index (χ1v) is 6.12. The van der Waals surface area contributed by atoms with Crippen LogP contribution in [0.5, 0.6) is 0 Å². The second-order valence-electron chi connectivity index (χ2n) is 4.74. The zero-order valence-corrected chi connectivity index (χ0v) is 10.7. The molecule has 0 aromatic heterocycles. The number of hydrogen-bond acceptors (Lipinski definition) is 3. The molecule has 1 rings (SSSR count). The summed E-state index contributed by atoms with van der Waals surface area (Å²) in [5.74, 6) is -0.00465. The van der Waals surface area contributed by atoms with E-state index in [4.69, 9.17) is 4.74 Å². The molecule has 0 spiro atoms. The third-order valence-corrected chi connectivity index (χ3v) is 3.53. The molecule has 0 aromatic carbocycles. The van der Waals surface area contributed by atoms with E-state index in [1.807, 2.05) is 6.92 Å². The Morgan fingerprint density at radius 1 is 1.38 bits per heavy atom. The van der Waals surface area contributed by atoms with Crippen molar-refractivity contribution in [3.05, 3.63) is 0 Å². The maximum atomic E-state index is 11.5. The number of hydrogen-bond donors (Lipinski definition) is 1. The lowest BCUT2D eigenvalue weighted by Gasteiger charge is -2.36. The SMILES string of the molecule is CCOCC(=O)NCC1(N(C)C)CCCC1. The predicted octanol–water partition coefficient (Wildman–Crippen LogP) is 1.01. The summed E-state index contributed by atoms with van der Waals surface area (Å²) in [6.07, 6.45) is 4.88. The van der Waals surface area contributed by atoms with Gasteiger partial charge in [0, 0.05) is 18.7 Å². The van der Waals surface area contributed by atoms with Crippen LogP contribution in [0.1, 0.15) is 32.6 Å². The molecule has 94 valence electrons. The van der Waals surface area contributed by atoms with Gasteiger partial charge in [-0.1, -0.05) is 12.8 Å². The third-order valence-electron chi connectivity index (χ3n) is 3.53. The van der Waals surface area contributed by atoms with Gasteiger partial charge in [-0.05, 0) is 33.9 Å². The molecule has 1 aliphatic carbocycles. The van der Waals surface area contributed by atoms with Crippen molar-refractivity contribution in [1.82, 2.24) is 10.2 Å². The summed E-state index contributed by atoms with van der Waals surface area (Å²) < 4.78 is 5.08. The molecule has 0 aromatic rings. The Morgan fingerprint density at radius 2 is 2.00 bits per heavy atom. The van der Waals surface area contributed by atoms with Crippen LogP contribution in [-0.4, -0.2) is 50.2 Å². The van der Waals surface area contributed by atoms with Gasteiger partial charge in [0.15, 0.2) is 0 Å². The molecule has 1 amide bonds. The number of carbonyl (C=O) groups excluding carboxylic acids is 1. The summed E-state index contributed by atoms with van der Waals surface area (Å²) in [5, 5.41) is 2.98. The average molecular weight is 228 g/mol. The highest BCUT2D eigenvalue weighted by atomic mass is 16.5. The molecule has 0 heterocycles. The van der Waals surface area contributed by atoms with Crippen molar-refractivity contribution in [3.63, 3.8) is 0 Å². The fraction of sp³-hybridized carbons (Fsp3) is 0.917. The summed E-state index contributed by atoms with van der Waals surface area (Å²) in [6.45, 7) is 3.41. The lowest BCUT2D eigenvalue weighted by Crippen LogP contribution is -2.51. The molecule has 0 unspecified atom stereocenters. The van der Waals surface area contributed by atoms with E-state index in [-0.39, 0.29) is 18.1 Å². The largest absolute Gasteiger partial charge is 0.372 e. The average Bonchev–Trinajstić information content (AvgIpc) is 2.73. The van der Waals surface area contributed by atoms with Crippen molar-refractivity contribution in [2.75, 3.05) is 33.9 Å². The van der Waals surface area contributed by atoms with Crippen molar-refractivity contribution >= 4 is 5.91 Å². The Balaban J connectivity index is 2.36. The normalized spacial score (nSPS) is 19.0. The molecule has 0 atom stereocenters. The van der Waals surface area contributed by atoms with Crippen molar-refractivity contribution in [2.45, 2.75) is 38.1 Å². The molecule has 1 saturated carbocycles. The van der Waals surface area contributed by atoms with Crippen LogP contribution in [-0.2, 0) is 9.53 Å². The minimum absolute atomic E-state index is 0.00465. The Hall–Kier alpha value is -0.610. The summed E-state index contributed by atoms with van der Waals surface area (Å²) >= 11 is 0. The van der Waals surface area contributed by atoms with Crippen LogP contribution in [0.25, 0.3) is 0 Å². The van der Waals surface area contributed by atoms with E-state index in [9.17, 15) is 4.79 Å². The summed E-state index contributed by atoms with van der Waals surface area (Å²) in [7, 11) is 4.19. The van der Waals surface area contributed by atoms with Crippen LogP contribution in [0.2, 0.25) is 0 Å². The van der Waals surface area contributed by atoms with Gasteiger partial charge in [-0.3, -0.25) is 4.79 Å². The molecule has 1 fully saturated rings. The van der Waals surface area contributed by atoms with E-state index in [0.29, 0.717) is 6.61 Å². The number of carbonyl (C=O) groups is 1. The highest BCUT2D eigenvalue weighted by molar-refractivity contribution is 5.77. The van der Waals surface area contributed by atoms with E-state index in [1.54, 1.807) is 0 Å². The summed E-state index contributed by atoms with van der Waals surface area (Å²) in [4.78, 5) is 13.7. The quantitative estimate of drug-likeness (QED) is 0.738. The van der Waals surface area contributed by atoms with Crippen LogP contribution in [0.15, 0.2) is 0 Å². The summed E-state index contributed by atoms with van der Waals surface area (Å²) in [5.41, 5.74) is 0.169. The van der Waals surface area contributed by atoms with Gasteiger partial charge in [-0.25, -0.2) is 0 Å². The second-order valence-corrected chi connectivity index (χ2v) is 4.74. The Bertz CT molecular complexity index is 223. The third kappa shape index (κ3) is 3.46. The maximum Gasteiger partial charge on any atom is 0.246 e. The van der Waals surface area contributed by atoms with Crippen LogP contribution >= 0.6 is 0 Å². The molecule has 0 aliphatic heterocycles. The smallest absolute Gasteiger partial charge is 0.246 e. The molecule has 4 heteroatoms. The fourth-order valence-corrected chi connectivity index (χ4v) is 2.32. The van der Waals surface area contributed by atoms with E-state index in [1.165, 1.54) is 25.7 Å². The first kappa shape index (κ1) is 13.5. The topological polar surface area (TPSA) is 41.6 Å². The molecular formula is C12H24N2O2. The number of rotatable bonds is 6. The van der Waals surface area contributed by atoms with Crippen molar-refractivity contribution in [1.29, 1.82) is 0 Å². The minimum Gasteiger partial charge on any atom is -0.372 e. The number of ether oxygens (including phenoxy) is 1. The zero-order valence-electron chi connectivity index (χ0n) is 10.7. The molecule has 4 nitrogen and oxygen atoms in total. The Kier molecular flexibility index (Phi) is 5.22. The van der Waals surface area contributed by atoms with E-state index < -0.39 is 0 Å². The van der Waals surface area contributed by atoms with Gasteiger partial charge >= 0.3 is 0 Å². The van der Waals surface area contributed by atoms with Gasteiger partial charge in [0.25, 0.3) is 0 Å². The lowest BCUT2D eigenvalue weighted by molar-refractivity contribution is -0.126. The number of nitrogens with zero attached hydrogens (tertiary/aromatic N) is 1. The molecule has 1 N–H and O–H groups in total. The molecule has 0 bridgehead atoms. The van der Waals surface area contributed by atoms with Crippen LogP contribution in [0, 0.1) is 0 Å². The van der Waals surface area contributed by atoms with Crippen molar-refractivity contribution in [3.8, 4) is 0 Å². The van der Waals surface area contributed by atoms with E-state index >= 15 is 0 Å². The lowest BCUT2D eigenvalue weighted by atomic mass is 9.96. The van der Waals surface area contributed by atoms with Gasteiger partial charge in [0.2, 0.25) is 5.91 Å². The first-order valence-electron chi connectivity index (χ1n) is 6.12. The standard InChI is InChI=1S/C12H24N2O2/c1-4-16-9-11(15)13-10-12(14(2)3)7-5-6-8-12/h4-10H2,1-3H3,(H,13,15). The van der Waals surface area contributed by atoms with Crippen LogP contribution < -0.4 is 5.32 Å². The van der Waals surface area contributed by atoms with Crippen LogP contribution in [0.3, 0.4) is 0 Å². The van der Waals surface area contributed by atoms with Crippen molar-refractivity contribution in [2.24, 2.45) is 0 Å². The highest BCUT2D eigenvalue weighted by Crippen LogP contribution is 2.32. The van der Waals surface area contributed by atoms with Gasteiger partial charge in [-0.15, -0.1) is 0 Å². The predicted molar refractivity (Wildman–Crippen MR) is 64.4 cm³/mol. The number of likely N-dealkylation sites (N-methyl/N-ethyl adjacent to an activating group) is 1. The van der Waals surface area contributed by atoms with Crippen molar-refractivity contribution < 1.29 is 9.53 Å². The van der Waals surface area contributed by atoms with Gasteiger partial charge in [0.1, 0.15) is 6.61 Å². The molecule has 0 saturated heterocycles. The molecular weight excluding hydrogens is 204 g/mol. The number of nitrogens with one attached hydrogen (secondary N) is 1. The first-order chi connectivity index (χ1) is 7.60. The van der Waals surface area contributed by atoms with Gasteiger partial charge in [-0.2, -0.15) is 0 Å². The van der Waals surface area contributed by atoms with Gasteiger partial charge < -0.3 is 15.0 Å². The molecule has 16 heavy (non-hydrogen) atoms. The maximum absolute atomic E-state index is 11.5. The van der Waals surface area contributed by atoms with E-state index in [0.717, 1.165) is 6.54 Å².